The van der Waals surface area contributed by atoms with Gasteiger partial charge in [0, 0.05) is 33.0 Å². The molecule has 2 bridgehead atoms. The first kappa shape index (κ1) is 17.9. The number of benzene rings is 1. The number of hydrogen-bond acceptors (Lipinski definition) is 3. The Hall–Kier alpha value is -2.50. The second-order valence-corrected chi connectivity index (χ2v) is 8.32. The third kappa shape index (κ3) is 2.38. The molecule has 2 aliphatic rings. The molecule has 1 fully saturated rings. The summed E-state index contributed by atoms with van der Waals surface area (Å²) in [5.74, 6) is 0.0508. The first-order chi connectivity index (χ1) is 12.8. The summed E-state index contributed by atoms with van der Waals surface area (Å²) in [5.41, 5.74) is 2.91. The number of halogens is 1. The zero-order valence-corrected chi connectivity index (χ0v) is 16.2. The van der Waals surface area contributed by atoms with Crippen LogP contribution in [0, 0.1) is 11.2 Å². The highest BCUT2D eigenvalue weighted by atomic mass is 19.1. The first-order valence-electron chi connectivity index (χ1n) is 9.37. The molecular weight excluding hydrogens is 343 g/mol. The van der Waals surface area contributed by atoms with E-state index in [9.17, 15) is 9.18 Å². The van der Waals surface area contributed by atoms with Gasteiger partial charge in [-0.05, 0) is 47.9 Å². The Labute approximate surface area is 160 Å². The second kappa shape index (κ2) is 6.01. The van der Waals surface area contributed by atoms with Crippen molar-refractivity contribution < 1.29 is 10.6 Å². The fourth-order valence-electron chi connectivity index (χ4n) is 5.24. The molecule has 1 saturated carbocycles. The highest BCUT2D eigenvalue weighted by Gasteiger charge is 2.63. The van der Waals surface area contributed by atoms with Crippen LogP contribution in [0.5, 0.6) is 0 Å². The summed E-state index contributed by atoms with van der Waals surface area (Å²) in [7, 11) is 3.46. The Kier molecular flexibility index (Phi) is 3.98. The molecule has 144 valence electrons. The smallest absolute Gasteiger partial charge is 0.316 e. The highest BCUT2D eigenvalue weighted by Crippen LogP contribution is 2.67. The molecule has 5 nitrogen and oxygen atoms in total. The normalized spacial score (nSPS) is 24.6. The number of urea groups is 1. The molecule has 4 rings (SSSR count). The van der Waals surface area contributed by atoms with Gasteiger partial charge in [-0.3, -0.25) is 0 Å². The van der Waals surface area contributed by atoms with Crippen molar-refractivity contribution >= 4 is 6.03 Å². The van der Waals surface area contributed by atoms with Gasteiger partial charge in [-0.15, -0.1) is 0 Å². The predicted octanol–water partition coefficient (Wildman–Crippen LogP) is 3.95. The lowest BCUT2D eigenvalue weighted by molar-refractivity contribution is 0.146. The molecule has 2 aromatic rings. The molecule has 0 aliphatic heterocycles. The van der Waals surface area contributed by atoms with E-state index in [-0.39, 0.29) is 24.1 Å². The molecular formula is C21H27FN4O. The van der Waals surface area contributed by atoms with E-state index in [2.05, 4.69) is 29.4 Å². The minimum absolute atomic E-state index is 0. The molecule has 0 saturated heterocycles. The average Bonchev–Trinajstić information content (AvgIpc) is 3.01. The fourth-order valence-corrected chi connectivity index (χ4v) is 5.24. The summed E-state index contributed by atoms with van der Waals surface area (Å²) in [5, 5.41) is 11.7. The average molecular weight is 370 g/mol. The van der Waals surface area contributed by atoms with Crippen LogP contribution in [0.2, 0.25) is 0 Å². The van der Waals surface area contributed by atoms with Gasteiger partial charge in [0.25, 0.3) is 0 Å². The number of rotatable bonds is 3. The summed E-state index contributed by atoms with van der Waals surface area (Å²) in [6.45, 7) is 5.11. The van der Waals surface area contributed by atoms with Crippen LogP contribution in [-0.2, 0) is 5.41 Å². The van der Waals surface area contributed by atoms with Crippen LogP contribution < -0.4 is 5.32 Å². The van der Waals surface area contributed by atoms with Gasteiger partial charge >= 0.3 is 6.03 Å². The summed E-state index contributed by atoms with van der Waals surface area (Å²) in [6, 6.07) is 8.57. The number of nitrogens with one attached hydrogen (secondary N) is 1. The Morgan fingerprint density at radius 1 is 1.37 bits per heavy atom. The molecule has 1 aromatic carbocycles. The van der Waals surface area contributed by atoms with E-state index >= 15 is 0 Å². The van der Waals surface area contributed by atoms with E-state index in [0.717, 1.165) is 24.1 Å². The molecule has 2 atom stereocenters. The van der Waals surface area contributed by atoms with Crippen molar-refractivity contribution in [3.05, 3.63) is 47.4 Å². The number of fused-ring (bicyclic) bond motifs is 5. The number of carbonyl (C=O) groups excluding carboxylic acids is 1. The summed E-state index contributed by atoms with van der Waals surface area (Å²) in [6.07, 6.45) is 2.02. The third-order valence-electron chi connectivity index (χ3n) is 6.83. The Morgan fingerprint density at radius 2 is 2.11 bits per heavy atom. The van der Waals surface area contributed by atoms with Gasteiger partial charge in [0.05, 0.1) is 11.4 Å². The van der Waals surface area contributed by atoms with Crippen LogP contribution in [0.3, 0.4) is 0 Å². The lowest BCUT2D eigenvalue weighted by Crippen LogP contribution is -2.49. The van der Waals surface area contributed by atoms with Crippen molar-refractivity contribution in [2.24, 2.45) is 5.41 Å². The number of carbonyl (C=O) groups is 1. The maximum absolute atomic E-state index is 14.2. The third-order valence-corrected chi connectivity index (χ3v) is 6.83. The van der Waals surface area contributed by atoms with Gasteiger partial charge in [-0.1, -0.05) is 26.0 Å². The lowest BCUT2D eigenvalue weighted by atomic mass is 9.68. The van der Waals surface area contributed by atoms with Crippen LogP contribution in [0.15, 0.2) is 30.3 Å². The van der Waals surface area contributed by atoms with Crippen molar-refractivity contribution in [1.82, 2.24) is 20.4 Å². The summed E-state index contributed by atoms with van der Waals surface area (Å²) in [4.78, 5) is 13.8. The van der Waals surface area contributed by atoms with Gasteiger partial charge in [0.15, 0.2) is 0 Å². The molecule has 2 unspecified atom stereocenters. The zero-order chi connectivity index (χ0) is 19.4. The minimum Gasteiger partial charge on any atom is -0.341 e. The van der Waals surface area contributed by atoms with Crippen molar-refractivity contribution in [2.45, 2.75) is 38.0 Å². The van der Waals surface area contributed by atoms with Crippen LogP contribution in [0.25, 0.3) is 11.3 Å². The molecule has 6 heteroatoms. The van der Waals surface area contributed by atoms with Crippen LogP contribution >= 0.6 is 0 Å². The van der Waals surface area contributed by atoms with Crippen LogP contribution in [0.1, 0.15) is 45.3 Å². The van der Waals surface area contributed by atoms with Crippen LogP contribution in [-0.4, -0.2) is 41.8 Å². The molecule has 2 aliphatic carbocycles. The topological polar surface area (TPSA) is 58.1 Å². The Bertz CT molecular complexity index is 919. The lowest BCUT2D eigenvalue weighted by Gasteiger charge is -2.40. The molecule has 2 amide bonds. The SMILES string of the molecule is CNC(=O)N(C)CC12CCC(c3cc(-c4ccccc4F)nnc31)C2(C)C.[HH]. The van der Waals surface area contributed by atoms with Gasteiger partial charge in [0.1, 0.15) is 5.82 Å². The van der Waals surface area contributed by atoms with Crippen molar-refractivity contribution in [3.8, 4) is 11.3 Å². The maximum atomic E-state index is 14.2. The van der Waals surface area contributed by atoms with Crippen molar-refractivity contribution in [2.75, 3.05) is 20.6 Å². The fraction of sp³-hybridized carbons (Fsp3) is 0.476. The molecule has 1 heterocycles. The molecule has 0 radical (unpaired) electrons. The largest absolute Gasteiger partial charge is 0.341 e. The number of amides is 2. The molecule has 27 heavy (non-hydrogen) atoms. The predicted molar refractivity (Wildman–Crippen MR) is 104 cm³/mol. The van der Waals surface area contributed by atoms with E-state index < -0.39 is 0 Å². The standard InChI is InChI=1S/C21H25FN4O.H2/c1-20(2)15-9-10-21(20,12-26(4)19(27)23-3)18-14(15)11-17(24-25-18)13-7-5-6-8-16(13)22;/h5-8,11,15H,9-10,12H2,1-4H3,(H,23,27);1H. The minimum atomic E-state index is -0.289. The quantitative estimate of drug-likeness (QED) is 0.890. The molecule has 1 N–H and O–H groups in total. The monoisotopic (exact) mass is 370 g/mol. The van der Waals surface area contributed by atoms with E-state index in [1.165, 1.54) is 6.07 Å². The number of likely N-dealkylation sites (N-methyl/N-ethyl adjacent to an activating group) is 1. The van der Waals surface area contributed by atoms with Gasteiger partial charge in [-0.25, -0.2) is 9.18 Å². The molecule has 1 aromatic heterocycles. The Balaban J connectivity index is 0.00000225. The van der Waals surface area contributed by atoms with E-state index in [4.69, 9.17) is 0 Å². The van der Waals surface area contributed by atoms with Gasteiger partial charge < -0.3 is 10.2 Å². The van der Waals surface area contributed by atoms with Crippen molar-refractivity contribution in [1.29, 1.82) is 0 Å². The van der Waals surface area contributed by atoms with Gasteiger partial charge in [-0.2, -0.15) is 10.2 Å². The highest BCUT2D eigenvalue weighted by molar-refractivity contribution is 5.74. The van der Waals surface area contributed by atoms with E-state index in [0.29, 0.717) is 23.7 Å². The van der Waals surface area contributed by atoms with Crippen molar-refractivity contribution in [3.63, 3.8) is 0 Å². The van der Waals surface area contributed by atoms with Crippen LogP contribution in [0.4, 0.5) is 9.18 Å². The van der Waals surface area contributed by atoms with E-state index in [1.807, 2.05) is 19.2 Å². The van der Waals surface area contributed by atoms with Gasteiger partial charge in [0.2, 0.25) is 0 Å². The zero-order valence-electron chi connectivity index (χ0n) is 16.2. The second-order valence-electron chi connectivity index (χ2n) is 8.32. The Morgan fingerprint density at radius 3 is 2.81 bits per heavy atom. The number of hydrogen-bond donors (Lipinski definition) is 1. The van der Waals surface area contributed by atoms with E-state index in [1.54, 1.807) is 24.1 Å². The number of nitrogens with zero attached hydrogens (tertiary/aromatic N) is 3. The summed E-state index contributed by atoms with van der Waals surface area (Å²) >= 11 is 0. The summed E-state index contributed by atoms with van der Waals surface area (Å²) < 4.78 is 14.2. The first-order valence-corrected chi connectivity index (χ1v) is 9.37. The maximum Gasteiger partial charge on any atom is 0.316 e. The number of aromatic nitrogens is 2. The molecule has 0 spiro atoms.